The van der Waals surface area contributed by atoms with Crippen LogP contribution in [0.3, 0.4) is 0 Å². The van der Waals surface area contributed by atoms with Gasteiger partial charge >= 0.3 is 5.97 Å². The average molecular weight is 292 g/mol. The van der Waals surface area contributed by atoms with Crippen molar-refractivity contribution in [3.8, 4) is 5.75 Å². The van der Waals surface area contributed by atoms with E-state index >= 15 is 0 Å². The van der Waals surface area contributed by atoms with Crippen molar-refractivity contribution in [1.29, 1.82) is 0 Å². The van der Waals surface area contributed by atoms with Crippen LogP contribution in [0, 0.1) is 5.92 Å². The summed E-state index contributed by atoms with van der Waals surface area (Å²) in [6.45, 7) is 2.28. The number of aliphatic hydroxyl groups is 1. The van der Waals surface area contributed by atoms with Crippen molar-refractivity contribution >= 4 is 5.97 Å². The SMILES string of the molecule is COC(=O)C(O)c1ccc(OC)c(C2CCC(C)CC2)c1. The fraction of sp³-hybridized carbons (Fsp3) is 0.588. The molecule has 0 saturated heterocycles. The highest BCUT2D eigenvalue weighted by molar-refractivity contribution is 5.76. The highest BCUT2D eigenvalue weighted by atomic mass is 16.5. The molecule has 1 fully saturated rings. The van der Waals surface area contributed by atoms with Crippen LogP contribution in [0.2, 0.25) is 0 Å². The van der Waals surface area contributed by atoms with Crippen LogP contribution >= 0.6 is 0 Å². The summed E-state index contributed by atoms with van der Waals surface area (Å²) in [6, 6.07) is 5.44. The van der Waals surface area contributed by atoms with E-state index < -0.39 is 12.1 Å². The first kappa shape index (κ1) is 15.8. The Bertz CT molecular complexity index is 490. The summed E-state index contributed by atoms with van der Waals surface area (Å²) in [5.41, 5.74) is 1.65. The van der Waals surface area contributed by atoms with Gasteiger partial charge in [-0.1, -0.05) is 25.8 Å². The lowest BCUT2D eigenvalue weighted by atomic mass is 9.78. The first-order chi connectivity index (χ1) is 10.1. The summed E-state index contributed by atoms with van der Waals surface area (Å²) >= 11 is 0. The molecular formula is C17H24O4. The zero-order valence-electron chi connectivity index (χ0n) is 13.0. The second-order valence-corrected chi connectivity index (χ2v) is 5.88. The average Bonchev–Trinajstić information content (AvgIpc) is 2.53. The molecule has 1 aromatic carbocycles. The smallest absolute Gasteiger partial charge is 0.339 e. The molecular weight excluding hydrogens is 268 g/mol. The molecule has 1 aromatic rings. The number of benzene rings is 1. The Labute approximate surface area is 126 Å². The van der Waals surface area contributed by atoms with Gasteiger partial charge in [0, 0.05) is 0 Å². The third-order valence-corrected chi connectivity index (χ3v) is 4.45. The minimum atomic E-state index is -1.23. The zero-order valence-corrected chi connectivity index (χ0v) is 13.0. The number of hydrogen-bond donors (Lipinski definition) is 1. The minimum Gasteiger partial charge on any atom is -0.496 e. The van der Waals surface area contributed by atoms with E-state index in [0.717, 1.165) is 30.1 Å². The Morgan fingerprint density at radius 3 is 2.48 bits per heavy atom. The second kappa shape index (κ2) is 6.94. The Morgan fingerprint density at radius 1 is 1.24 bits per heavy atom. The van der Waals surface area contributed by atoms with E-state index in [1.807, 2.05) is 12.1 Å². The van der Waals surface area contributed by atoms with E-state index in [0.29, 0.717) is 11.5 Å². The van der Waals surface area contributed by atoms with Crippen LogP contribution in [0.5, 0.6) is 5.75 Å². The zero-order chi connectivity index (χ0) is 15.4. The molecule has 0 aromatic heterocycles. The summed E-state index contributed by atoms with van der Waals surface area (Å²) in [4.78, 5) is 11.5. The van der Waals surface area contributed by atoms with Crippen LogP contribution < -0.4 is 4.74 Å². The van der Waals surface area contributed by atoms with Gasteiger partial charge in [0.15, 0.2) is 6.10 Å². The van der Waals surface area contributed by atoms with E-state index in [1.54, 1.807) is 13.2 Å². The van der Waals surface area contributed by atoms with Gasteiger partial charge < -0.3 is 14.6 Å². The van der Waals surface area contributed by atoms with Crippen molar-refractivity contribution in [2.24, 2.45) is 5.92 Å². The van der Waals surface area contributed by atoms with Gasteiger partial charge in [-0.05, 0) is 47.9 Å². The predicted octanol–water partition coefficient (Wildman–Crippen LogP) is 3.20. The quantitative estimate of drug-likeness (QED) is 0.866. The lowest BCUT2D eigenvalue weighted by Gasteiger charge is -2.28. The van der Waals surface area contributed by atoms with Crippen LogP contribution in [0.15, 0.2) is 18.2 Å². The van der Waals surface area contributed by atoms with Crippen molar-refractivity contribution in [1.82, 2.24) is 0 Å². The van der Waals surface area contributed by atoms with Crippen LogP contribution in [0.1, 0.15) is 55.8 Å². The third kappa shape index (κ3) is 3.56. The van der Waals surface area contributed by atoms with Crippen molar-refractivity contribution in [3.05, 3.63) is 29.3 Å². The van der Waals surface area contributed by atoms with Gasteiger partial charge in [0.2, 0.25) is 0 Å². The molecule has 1 saturated carbocycles. The largest absolute Gasteiger partial charge is 0.496 e. The number of esters is 1. The molecule has 116 valence electrons. The molecule has 2 rings (SSSR count). The summed E-state index contributed by atoms with van der Waals surface area (Å²) < 4.78 is 10.1. The van der Waals surface area contributed by atoms with Crippen LogP contribution in [-0.2, 0) is 9.53 Å². The van der Waals surface area contributed by atoms with Crippen molar-refractivity contribution < 1.29 is 19.4 Å². The number of rotatable bonds is 4. The van der Waals surface area contributed by atoms with Gasteiger partial charge in [-0.2, -0.15) is 0 Å². The summed E-state index contributed by atoms with van der Waals surface area (Å²) in [6.07, 6.45) is 3.42. The van der Waals surface area contributed by atoms with Crippen LogP contribution in [0.4, 0.5) is 0 Å². The summed E-state index contributed by atoms with van der Waals surface area (Å²) in [7, 11) is 2.93. The van der Waals surface area contributed by atoms with E-state index in [-0.39, 0.29) is 0 Å². The highest BCUT2D eigenvalue weighted by Crippen LogP contribution is 2.40. The van der Waals surface area contributed by atoms with Crippen molar-refractivity contribution in [2.45, 2.75) is 44.6 Å². The predicted molar refractivity (Wildman–Crippen MR) is 80.3 cm³/mol. The molecule has 4 heteroatoms. The molecule has 1 aliphatic carbocycles. The first-order valence-corrected chi connectivity index (χ1v) is 7.50. The molecule has 0 radical (unpaired) electrons. The normalized spacial score (nSPS) is 23.4. The standard InChI is InChI=1S/C17H24O4/c1-11-4-6-12(7-5-11)14-10-13(8-9-15(14)20-2)16(18)17(19)21-3/h8-12,16,18H,4-7H2,1-3H3. The van der Waals surface area contributed by atoms with Gasteiger partial charge in [-0.25, -0.2) is 4.79 Å². The Hall–Kier alpha value is -1.55. The Balaban J connectivity index is 2.28. The first-order valence-electron chi connectivity index (χ1n) is 7.50. The molecule has 4 nitrogen and oxygen atoms in total. The maximum Gasteiger partial charge on any atom is 0.339 e. The number of aliphatic hydroxyl groups excluding tert-OH is 1. The minimum absolute atomic E-state index is 0.431. The maximum absolute atomic E-state index is 11.5. The Kier molecular flexibility index (Phi) is 5.23. The fourth-order valence-corrected chi connectivity index (χ4v) is 3.06. The van der Waals surface area contributed by atoms with Gasteiger partial charge in [0.1, 0.15) is 5.75 Å². The maximum atomic E-state index is 11.5. The van der Waals surface area contributed by atoms with Gasteiger partial charge in [0.05, 0.1) is 14.2 Å². The molecule has 1 atom stereocenters. The van der Waals surface area contributed by atoms with Crippen LogP contribution in [0.25, 0.3) is 0 Å². The molecule has 0 amide bonds. The van der Waals surface area contributed by atoms with Crippen molar-refractivity contribution in [3.63, 3.8) is 0 Å². The van der Waals surface area contributed by atoms with E-state index in [2.05, 4.69) is 11.7 Å². The van der Waals surface area contributed by atoms with Gasteiger partial charge in [-0.3, -0.25) is 0 Å². The molecule has 0 heterocycles. The second-order valence-electron chi connectivity index (χ2n) is 5.88. The fourth-order valence-electron chi connectivity index (χ4n) is 3.06. The molecule has 1 N–H and O–H groups in total. The van der Waals surface area contributed by atoms with Crippen molar-refractivity contribution in [2.75, 3.05) is 14.2 Å². The Morgan fingerprint density at radius 2 is 1.90 bits per heavy atom. The third-order valence-electron chi connectivity index (χ3n) is 4.45. The topological polar surface area (TPSA) is 55.8 Å². The molecule has 1 unspecified atom stereocenters. The lowest BCUT2D eigenvalue weighted by molar-refractivity contribution is -0.150. The summed E-state index contributed by atoms with van der Waals surface area (Å²) in [5, 5.41) is 10.0. The highest BCUT2D eigenvalue weighted by Gasteiger charge is 2.25. The number of methoxy groups -OCH3 is 2. The molecule has 0 aliphatic heterocycles. The van der Waals surface area contributed by atoms with E-state index in [4.69, 9.17) is 4.74 Å². The van der Waals surface area contributed by atoms with Crippen LogP contribution in [-0.4, -0.2) is 25.3 Å². The molecule has 0 bridgehead atoms. The molecule has 0 spiro atoms. The number of ether oxygens (including phenoxy) is 2. The summed E-state index contributed by atoms with van der Waals surface area (Å²) in [5.74, 6) is 1.40. The molecule has 1 aliphatic rings. The molecule has 21 heavy (non-hydrogen) atoms. The monoisotopic (exact) mass is 292 g/mol. The number of carbonyl (C=O) groups excluding carboxylic acids is 1. The van der Waals surface area contributed by atoms with E-state index in [9.17, 15) is 9.90 Å². The number of carbonyl (C=O) groups is 1. The van der Waals surface area contributed by atoms with Gasteiger partial charge in [-0.15, -0.1) is 0 Å². The number of hydrogen-bond acceptors (Lipinski definition) is 4. The lowest BCUT2D eigenvalue weighted by Crippen LogP contribution is -2.15. The van der Waals surface area contributed by atoms with Gasteiger partial charge in [0.25, 0.3) is 0 Å². The van der Waals surface area contributed by atoms with E-state index in [1.165, 1.54) is 20.0 Å².